The Labute approximate surface area is 97.2 Å². The molecule has 0 saturated carbocycles. The average molecular weight is 233 g/mol. The summed E-state index contributed by atoms with van der Waals surface area (Å²) in [4.78, 5) is 11.4. The normalized spacial score (nSPS) is 9.94. The lowest BCUT2D eigenvalue weighted by atomic mass is 10.2. The first-order valence-corrected chi connectivity index (χ1v) is 4.97. The number of hydrogen-bond acceptors (Lipinski definition) is 5. The van der Waals surface area contributed by atoms with E-state index in [4.69, 9.17) is 4.74 Å². The van der Waals surface area contributed by atoms with Crippen LogP contribution < -0.4 is 10.1 Å². The SMILES string of the molecule is Cc1ccc(OCC(=O)Nc2nn[nH]n2)cc1. The second kappa shape index (κ2) is 5.06. The highest BCUT2D eigenvalue weighted by molar-refractivity contribution is 5.89. The van der Waals surface area contributed by atoms with Crippen molar-refractivity contribution >= 4 is 11.9 Å². The summed E-state index contributed by atoms with van der Waals surface area (Å²) in [6.07, 6.45) is 0. The van der Waals surface area contributed by atoms with Gasteiger partial charge in [0, 0.05) is 0 Å². The summed E-state index contributed by atoms with van der Waals surface area (Å²) < 4.78 is 5.27. The van der Waals surface area contributed by atoms with E-state index in [1.54, 1.807) is 12.1 Å². The first-order chi connectivity index (χ1) is 8.24. The van der Waals surface area contributed by atoms with Gasteiger partial charge in [0.1, 0.15) is 5.75 Å². The summed E-state index contributed by atoms with van der Waals surface area (Å²) in [5, 5.41) is 15.1. The fourth-order valence-electron chi connectivity index (χ4n) is 1.16. The highest BCUT2D eigenvalue weighted by Crippen LogP contribution is 2.11. The minimum atomic E-state index is -0.341. The lowest BCUT2D eigenvalue weighted by Crippen LogP contribution is -2.20. The topological polar surface area (TPSA) is 92.8 Å². The molecule has 0 aliphatic rings. The van der Waals surface area contributed by atoms with E-state index in [-0.39, 0.29) is 18.5 Å². The van der Waals surface area contributed by atoms with Gasteiger partial charge in [0.15, 0.2) is 6.61 Å². The molecule has 2 aromatic rings. The summed E-state index contributed by atoms with van der Waals surface area (Å²) in [6, 6.07) is 7.42. The molecule has 17 heavy (non-hydrogen) atoms. The van der Waals surface area contributed by atoms with Gasteiger partial charge in [-0.15, -0.1) is 5.10 Å². The molecular weight excluding hydrogens is 222 g/mol. The maximum absolute atomic E-state index is 11.4. The van der Waals surface area contributed by atoms with E-state index < -0.39 is 0 Å². The van der Waals surface area contributed by atoms with E-state index >= 15 is 0 Å². The van der Waals surface area contributed by atoms with E-state index in [2.05, 4.69) is 25.9 Å². The molecule has 1 heterocycles. The number of aromatic nitrogens is 4. The van der Waals surface area contributed by atoms with Gasteiger partial charge >= 0.3 is 0 Å². The van der Waals surface area contributed by atoms with Crippen molar-refractivity contribution in [3.05, 3.63) is 29.8 Å². The third kappa shape index (κ3) is 3.26. The molecule has 1 amide bonds. The molecule has 1 aromatic heterocycles. The van der Waals surface area contributed by atoms with Crippen molar-refractivity contribution in [1.82, 2.24) is 20.6 Å². The van der Waals surface area contributed by atoms with Gasteiger partial charge in [-0.2, -0.15) is 5.21 Å². The Morgan fingerprint density at radius 1 is 1.41 bits per heavy atom. The molecule has 0 aliphatic heterocycles. The van der Waals surface area contributed by atoms with Crippen LogP contribution in [0.1, 0.15) is 5.56 Å². The Morgan fingerprint density at radius 3 is 2.82 bits per heavy atom. The number of anilines is 1. The van der Waals surface area contributed by atoms with Crippen LogP contribution >= 0.6 is 0 Å². The molecule has 88 valence electrons. The molecule has 0 bridgehead atoms. The van der Waals surface area contributed by atoms with Crippen molar-refractivity contribution in [2.24, 2.45) is 0 Å². The highest BCUT2D eigenvalue weighted by Gasteiger charge is 2.06. The number of aryl methyl sites for hydroxylation is 1. The van der Waals surface area contributed by atoms with Crippen LogP contribution in [0, 0.1) is 6.92 Å². The van der Waals surface area contributed by atoms with E-state index in [1.165, 1.54) is 0 Å². The number of hydrogen-bond donors (Lipinski definition) is 2. The maximum Gasteiger partial charge on any atom is 0.269 e. The lowest BCUT2D eigenvalue weighted by Gasteiger charge is -2.05. The number of ether oxygens (including phenoxy) is 1. The summed E-state index contributed by atoms with van der Waals surface area (Å²) in [5.74, 6) is 0.424. The first-order valence-electron chi connectivity index (χ1n) is 4.97. The molecule has 2 N–H and O–H groups in total. The zero-order chi connectivity index (χ0) is 12.1. The number of rotatable bonds is 4. The fourth-order valence-corrected chi connectivity index (χ4v) is 1.16. The van der Waals surface area contributed by atoms with Crippen LogP contribution in [0.15, 0.2) is 24.3 Å². The molecule has 0 atom stereocenters. The number of nitrogens with zero attached hydrogens (tertiary/aromatic N) is 3. The second-order valence-electron chi connectivity index (χ2n) is 3.39. The van der Waals surface area contributed by atoms with E-state index in [1.807, 2.05) is 19.1 Å². The number of H-pyrrole nitrogens is 1. The van der Waals surface area contributed by atoms with Gasteiger partial charge < -0.3 is 4.74 Å². The van der Waals surface area contributed by atoms with Gasteiger partial charge in [0.2, 0.25) is 0 Å². The summed E-state index contributed by atoms with van der Waals surface area (Å²) in [7, 11) is 0. The minimum Gasteiger partial charge on any atom is -0.484 e. The van der Waals surface area contributed by atoms with Gasteiger partial charge in [-0.25, -0.2) is 0 Å². The largest absolute Gasteiger partial charge is 0.484 e. The summed E-state index contributed by atoms with van der Waals surface area (Å²) >= 11 is 0. The van der Waals surface area contributed by atoms with Crippen LogP contribution in [0.5, 0.6) is 5.75 Å². The Kier molecular flexibility index (Phi) is 3.29. The van der Waals surface area contributed by atoms with Gasteiger partial charge in [-0.05, 0) is 24.3 Å². The van der Waals surface area contributed by atoms with Crippen LogP contribution in [-0.4, -0.2) is 33.1 Å². The van der Waals surface area contributed by atoms with Crippen molar-refractivity contribution in [3.8, 4) is 5.75 Å². The van der Waals surface area contributed by atoms with Crippen LogP contribution in [-0.2, 0) is 4.79 Å². The Balaban J connectivity index is 1.82. The number of nitrogens with one attached hydrogen (secondary N) is 2. The molecule has 0 spiro atoms. The van der Waals surface area contributed by atoms with Crippen molar-refractivity contribution in [2.75, 3.05) is 11.9 Å². The molecule has 2 rings (SSSR count). The Hall–Kier alpha value is -2.44. The molecule has 0 unspecified atom stereocenters. The standard InChI is InChI=1S/C10H11N5O2/c1-7-2-4-8(5-3-7)17-6-9(16)11-10-12-14-15-13-10/h2-5H,6H2,1H3,(H2,11,12,13,14,15,16). The predicted molar refractivity (Wildman–Crippen MR) is 59.5 cm³/mol. The van der Waals surface area contributed by atoms with Crippen molar-refractivity contribution in [2.45, 2.75) is 6.92 Å². The Morgan fingerprint density at radius 2 is 2.18 bits per heavy atom. The highest BCUT2D eigenvalue weighted by atomic mass is 16.5. The van der Waals surface area contributed by atoms with Gasteiger partial charge in [-0.3, -0.25) is 10.1 Å². The molecular formula is C10H11N5O2. The molecule has 0 radical (unpaired) electrons. The van der Waals surface area contributed by atoms with Crippen LogP contribution in [0.2, 0.25) is 0 Å². The molecule has 0 saturated heterocycles. The fraction of sp³-hybridized carbons (Fsp3) is 0.200. The summed E-state index contributed by atoms with van der Waals surface area (Å²) in [6.45, 7) is 1.88. The van der Waals surface area contributed by atoms with Gasteiger partial charge in [-0.1, -0.05) is 22.8 Å². The summed E-state index contributed by atoms with van der Waals surface area (Å²) in [5.41, 5.74) is 1.13. The molecule has 7 nitrogen and oxygen atoms in total. The molecule has 7 heteroatoms. The van der Waals surface area contributed by atoms with E-state index in [0.29, 0.717) is 5.75 Å². The van der Waals surface area contributed by atoms with Crippen molar-refractivity contribution < 1.29 is 9.53 Å². The van der Waals surface area contributed by atoms with Crippen LogP contribution in [0.25, 0.3) is 0 Å². The van der Waals surface area contributed by atoms with Gasteiger partial charge in [0.25, 0.3) is 11.9 Å². The molecule has 1 aromatic carbocycles. The second-order valence-corrected chi connectivity index (χ2v) is 3.39. The quantitative estimate of drug-likeness (QED) is 0.803. The van der Waals surface area contributed by atoms with Gasteiger partial charge in [0.05, 0.1) is 0 Å². The molecule has 0 aliphatic carbocycles. The smallest absolute Gasteiger partial charge is 0.269 e. The van der Waals surface area contributed by atoms with Crippen LogP contribution in [0.4, 0.5) is 5.95 Å². The van der Waals surface area contributed by atoms with E-state index in [0.717, 1.165) is 5.56 Å². The van der Waals surface area contributed by atoms with E-state index in [9.17, 15) is 4.79 Å². The average Bonchev–Trinajstić information content (AvgIpc) is 2.81. The minimum absolute atomic E-state index is 0.0996. The zero-order valence-corrected chi connectivity index (χ0v) is 9.17. The third-order valence-corrected chi connectivity index (χ3v) is 1.99. The number of benzene rings is 1. The monoisotopic (exact) mass is 233 g/mol. The number of carbonyl (C=O) groups is 1. The zero-order valence-electron chi connectivity index (χ0n) is 9.17. The maximum atomic E-state index is 11.4. The number of amides is 1. The predicted octanol–water partition coefficient (Wildman–Crippen LogP) is 0.526. The lowest BCUT2D eigenvalue weighted by molar-refractivity contribution is -0.118. The first kappa shape index (κ1) is 11.1. The third-order valence-electron chi connectivity index (χ3n) is 1.99. The van der Waals surface area contributed by atoms with Crippen molar-refractivity contribution in [3.63, 3.8) is 0 Å². The van der Waals surface area contributed by atoms with Crippen molar-refractivity contribution in [1.29, 1.82) is 0 Å². The number of aromatic amines is 1. The number of tetrazole rings is 1. The van der Waals surface area contributed by atoms with Crippen LogP contribution in [0.3, 0.4) is 0 Å². The molecule has 0 fully saturated rings. The Bertz CT molecular complexity index is 480. The number of carbonyl (C=O) groups excluding carboxylic acids is 1.